The Kier molecular flexibility index (Phi) is 5.27. The molecule has 0 spiro atoms. The van der Waals surface area contributed by atoms with E-state index in [9.17, 15) is 4.39 Å². The highest BCUT2D eigenvalue weighted by Crippen LogP contribution is 2.30. The van der Waals surface area contributed by atoms with E-state index in [0.717, 1.165) is 11.0 Å². The van der Waals surface area contributed by atoms with Gasteiger partial charge in [0, 0.05) is 28.3 Å². The largest absolute Gasteiger partial charge is 0.303 e. The summed E-state index contributed by atoms with van der Waals surface area (Å²) < 4.78 is 15.9. The molecule has 1 aromatic carbocycles. The van der Waals surface area contributed by atoms with Crippen LogP contribution in [0.3, 0.4) is 0 Å². The second-order valence-electron chi connectivity index (χ2n) is 5.45. The fourth-order valence-electron chi connectivity index (χ4n) is 2.07. The molecule has 0 saturated carbocycles. The molecular formula is C15H19ClFN3S. The summed E-state index contributed by atoms with van der Waals surface area (Å²) in [5.41, 5.74) is 0.508. The van der Waals surface area contributed by atoms with Crippen molar-refractivity contribution in [2.45, 2.75) is 50.6 Å². The molecule has 0 radical (unpaired) electrons. The maximum Gasteiger partial charge on any atom is 0.191 e. The van der Waals surface area contributed by atoms with Gasteiger partial charge in [-0.2, -0.15) is 0 Å². The van der Waals surface area contributed by atoms with Gasteiger partial charge in [0.25, 0.3) is 0 Å². The van der Waals surface area contributed by atoms with Crippen molar-refractivity contribution in [3.05, 3.63) is 40.4 Å². The predicted molar refractivity (Wildman–Crippen MR) is 85.5 cm³/mol. The average molecular weight is 328 g/mol. The zero-order valence-corrected chi connectivity index (χ0v) is 14.2. The highest BCUT2D eigenvalue weighted by Gasteiger charge is 2.18. The molecule has 0 saturated heterocycles. The van der Waals surface area contributed by atoms with E-state index in [-0.39, 0.29) is 11.9 Å². The Balaban J connectivity index is 2.25. The molecule has 0 atom stereocenters. The Morgan fingerprint density at radius 1 is 1.24 bits per heavy atom. The quantitative estimate of drug-likeness (QED) is 0.718. The smallest absolute Gasteiger partial charge is 0.191 e. The van der Waals surface area contributed by atoms with E-state index in [2.05, 4.69) is 42.5 Å². The lowest BCUT2D eigenvalue weighted by atomic mass is 10.2. The van der Waals surface area contributed by atoms with Gasteiger partial charge in [0.1, 0.15) is 11.6 Å². The molecule has 0 N–H and O–H groups in total. The zero-order valence-electron chi connectivity index (χ0n) is 12.6. The third kappa shape index (κ3) is 3.58. The molecule has 21 heavy (non-hydrogen) atoms. The average Bonchev–Trinajstić information content (AvgIpc) is 2.82. The summed E-state index contributed by atoms with van der Waals surface area (Å²) >= 11 is 7.52. The van der Waals surface area contributed by atoms with Crippen molar-refractivity contribution >= 4 is 23.4 Å². The molecule has 0 aliphatic heterocycles. The minimum atomic E-state index is -0.283. The fourth-order valence-corrected chi connectivity index (χ4v) is 3.49. The van der Waals surface area contributed by atoms with E-state index in [1.807, 2.05) is 0 Å². The molecule has 114 valence electrons. The Labute approximate surface area is 133 Å². The van der Waals surface area contributed by atoms with Crippen LogP contribution in [0.4, 0.5) is 4.39 Å². The Hall–Kier alpha value is -1.07. The van der Waals surface area contributed by atoms with Crippen LogP contribution < -0.4 is 0 Å². The normalized spacial score (nSPS) is 11.6. The first kappa shape index (κ1) is 16.3. The number of hydrogen-bond donors (Lipinski definition) is 0. The van der Waals surface area contributed by atoms with Gasteiger partial charge >= 0.3 is 0 Å². The van der Waals surface area contributed by atoms with E-state index >= 15 is 0 Å². The van der Waals surface area contributed by atoms with Gasteiger partial charge in [0.15, 0.2) is 5.16 Å². The molecule has 6 heteroatoms. The van der Waals surface area contributed by atoms with Crippen LogP contribution in [-0.4, -0.2) is 14.8 Å². The van der Waals surface area contributed by atoms with Crippen LogP contribution in [0.15, 0.2) is 23.4 Å². The van der Waals surface area contributed by atoms with E-state index in [0.29, 0.717) is 22.3 Å². The van der Waals surface area contributed by atoms with Gasteiger partial charge in [-0.3, -0.25) is 0 Å². The molecule has 2 aromatic rings. The number of thioether (sulfide) groups is 1. The van der Waals surface area contributed by atoms with Crippen LogP contribution in [0.25, 0.3) is 0 Å². The summed E-state index contributed by atoms with van der Waals surface area (Å²) in [6.07, 6.45) is 0. The maximum atomic E-state index is 13.8. The molecule has 0 aliphatic rings. The van der Waals surface area contributed by atoms with Gasteiger partial charge in [-0.25, -0.2) is 4.39 Å². The summed E-state index contributed by atoms with van der Waals surface area (Å²) in [4.78, 5) is 0. The number of halogens is 2. The van der Waals surface area contributed by atoms with Crippen LogP contribution in [0, 0.1) is 5.82 Å². The van der Waals surface area contributed by atoms with Crippen molar-refractivity contribution in [1.82, 2.24) is 14.8 Å². The first-order valence-electron chi connectivity index (χ1n) is 6.92. The first-order chi connectivity index (χ1) is 9.91. The van der Waals surface area contributed by atoms with Crippen molar-refractivity contribution in [3.8, 4) is 0 Å². The third-order valence-electron chi connectivity index (χ3n) is 3.13. The molecule has 0 unspecified atom stereocenters. The second kappa shape index (κ2) is 6.79. The summed E-state index contributed by atoms with van der Waals surface area (Å²) in [6, 6.07) is 5.00. The van der Waals surface area contributed by atoms with Crippen LogP contribution >= 0.6 is 23.4 Å². The Morgan fingerprint density at radius 3 is 2.52 bits per heavy atom. The predicted octanol–water partition coefficient (Wildman–Crippen LogP) is 5.07. The summed E-state index contributed by atoms with van der Waals surface area (Å²) in [7, 11) is 0. The van der Waals surface area contributed by atoms with Crippen LogP contribution in [0.2, 0.25) is 5.02 Å². The van der Waals surface area contributed by atoms with E-state index in [1.54, 1.807) is 12.1 Å². The first-order valence-corrected chi connectivity index (χ1v) is 8.28. The minimum absolute atomic E-state index is 0.260. The van der Waals surface area contributed by atoms with Crippen molar-refractivity contribution in [1.29, 1.82) is 0 Å². The molecule has 1 aromatic heterocycles. The van der Waals surface area contributed by atoms with Crippen molar-refractivity contribution in [3.63, 3.8) is 0 Å². The van der Waals surface area contributed by atoms with Crippen LogP contribution in [0.1, 0.15) is 51.0 Å². The van der Waals surface area contributed by atoms with Gasteiger partial charge in [-0.05, 0) is 26.0 Å². The van der Waals surface area contributed by atoms with Gasteiger partial charge in [0.2, 0.25) is 0 Å². The molecule has 0 bridgehead atoms. The second-order valence-corrected chi connectivity index (χ2v) is 6.80. The molecule has 3 nitrogen and oxygen atoms in total. The summed E-state index contributed by atoms with van der Waals surface area (Å²) in [5, 5.41) is 9.75. The molecular weight excluding hydrogens is 309 g/mol. The Bertz CT molecular complexity index is 605. The van der Waals surface area contributed by atoms with Gasteiger partial charge in [0.05, 0.1) is 0 Å². The molecule has 0 amide bonds. The molecule has 2 rings (SSSR count). The number of nitrogens with zero attached hydrogens (tertiary/aromatic N) is 3. The highest BCUT2D eigenvalue weighted by molar-refractivity contribution is 7.98. The van der Waals surface area contributed by atoms with Crippen molar-refractivity contribution < 1.29 is 4.39 Å². The summed E-state index contributed by atoms with van der Waals surface area (Å²) in [6.45, 7) is 8.36. The summed E-state index contributed by atoms with van der Waals surface area (Å²) in [5.74, 6) is 1.40. The number of aromatic nitrogens is 3. The zero-order chi connectivity index (χ0) is 15.6. The number of hydrogen-bond acceptors (Lipinski definition) is 3. The van der Waals surface area contributed by atoms with E-state index in [4.69, 9.17) is 11.6 Å². The number of benzene rings is 1. The van der Waals surface area contributed by atoms with E-state index in [1.165, 1.54) is 17.8 Å². The monoisotopic (exact) mass is 327 g/mol. The molecule has 0 fully saturated rings. The van der Waals surface area contributed by atoms with Crippen LogP contribution in [-0.2, 0) is 5.75 Å². The van der Waals surface area contributed by atoms with Crippen molar-refractivity contribution in [2.24, 2.45) is 0 Å². The molecule has 1 heterocycles. The lowest BCUT2D eigenvalue weighted by molar-refractivity contribution is 0.512. The Morgan fingerprint density at radius 2 is 1.95 bits per heavy atom. The molecule has 0 aliphatic carbocycles. The number of rotatable bonds is 5. The van der Waals surface area contributed by atoms with Gasteiger partial charge < -0.3 is 4.57 Å². The maximum absolute atomic E-state index is 13.8. The lowest BCUT2D eigenvalue weighted by Gasteiger charge is -2.15. The van der Waals surface area contributed by atoms with Crippen LogP contribution in [0.5, 0.6) is 0 Å². The van der Waals surface area contributed by atoms with E-state index < -0.39 is 0 Å². The minimum Gasteiger partial charge on any atom is -0.303 e. The standard InChI is InChI=1S/C15H19ClFN3S/c1-9(2)14-18-19-15(20(14)10(3)4)21-8-11-12(16)6-5-7-13(11)17/h5-7,9-10H,8H2,1-4H3. The SMILES string of the molecule is CC(C)c1nnc(SCc2c(F)cccc2Cl)n1C(C)C. The van der Waals surface area contributed by atoms with Crippen molar-refractivity contribution in [2.75, 3.05) is 0 Å². The topological polar surface area (TPSA) is 30.7 Å². The fraction of sp³-hybridized carbons (Fsp3) is 0.467. The lowest BCUT2D eigenvalue weighted by Crippen LogP contribution is -2.09. The van der Waals surface area contributed by atoms with Gasteiger partial charge in [-0.15, -0.1) is 10.2 Å². The highest BCUT2D eigenvalue weighted by atomic mass is 35.5. The van der Waals surface area contributed by atoms with Gasteiger partial charge in [-0.1, -0.05) is 43.3 Å². The third-order valence-corrected chi connectivity index (χ3v) is 4.45.